The van der Waals surface area contributed by atoms with Crippen LogP contribution in [0.5, 0.6) is 0 Å². The fourth-order valence-corrected chi connectivity index (χ4v) is 3.84. The van der Waals surface area contributed by atoms with Crippen molar-refractivity contribution < 1.29 is 9.59 Å². The van der Waals surface area contributed by atoms with Gasteiger partial charge >= 0.3 is 0 Å². The standard InChI is InChI=1S/C22H24ClN5O2/c1-13-11-15(3-6-19(13)28-10-9-24-8-7-20(28)29)22(30)25-14(2)21-26-17-5-4-16(23)12-18(17)27-21/h3-6,11-12,14,24H,7-10H2,1-2H3,(H,25,30)(H,26,27)/t14-/m0/s1. The number of rotatable bonds is 4. The van der Waals surface area contributed by atoms with Crippen LogP contribution in [0.25, 0.3) is 11.0 Å². The number of carbonyl (C=O) groups excluding carboxylic acids is 2. The maximum atomic E-state index is 12.8. The van der Waals surface area contributed by atoms with Crippen molar-refractivity contribution in [2.45, 2.75) is 26.3 Å². The molecule has 1 atom stereocenters. The van der Waals surface area contributed by atoms with Crippen molar-refractivity contribution in [2.75, 3.05) is 24.5 Å². The van der Waals surface area contributed by atoms with E-state index in [4.69, 9.17) is 11.6 Å². The lowest BCUT2D eigenvalue weighted by Crippen LogP contribution is -2.33. The lowest BCUT2D eigenvalue weighted by Gasteiger charge is -2.23. The first-order chi connectivity index (χ1) is 14.4. The van der Waals surface area contributed by atoms with E-state index in [1.54, 1.807) is 23.1 Å². The van der Waals surface area contributed by atoms with Crippen molar-refractivity contribution in [1.82, 2.24) is 20.6 Å². The highest BCUT2D eigenvalue weighted by molar-refractivity contribution is 6.31. The van der Waals surface area contributed by atoms with Crippen LogP contribution in [0.3, 0.4) is 0 Å². The fourth-order valence-electron chi connectivity index (χ4n) is 3.68. The predicted molar refractivity (Wildman–Crippen MR) is 118 cm³/mol. The molecule has 0 unspecified atom stereocenters. The molecule has 0 bridgehead atoms. The number of amides is 2. The van der Waals surface area contributed by atoms with Crippen LogP contribution in [0.1, 0.15) is 41.1 Å². The second-order valence-electron chi connectivity index (χ2n) is 7.53. The molecule has 0 saturated carbocycles. The molecule has 1 aromatic heterocycles. The molecule has 30 heavy (non-hydrogen) atoms. The molecule has 0 aliphatic carbocycles. The first kappa shape index (κ1) is 20.4. The van der Waals surface area contributed by atoms with E-state index in [-0.39, 0.29) is 17.9 Å². The van der Waals surface area contributed by atoms with Crippen molar-refractivity contribution >= 4 is 40.1 Å². The third-order valence-corrected chi connectivity index (χ3v) is 5.53. The molecule has 1 aliphatic heterocycles. The van der Waals surface area contributed by atoms with E-state index < -0.39 is 0 Å². The summed E-state index contributed by atoms with van der Waals surface area (Å²) >= 11 is 6.02. The summed E-state index contributed by atoms with van der Waals surface area (Å²) in [6.45, 7) is 5.87. The molecule has 2 heterocycles. The van der Waals surface area contributed by atoms with E-state index in [9.17, 15) is 9.59 Å². The van der Waals surface area contributed by atoms with Gasteiger partial charge in [-0.1, -0.05) is 11.6 Å². The zero-order valence-electron chi connectivity index (χ0n) is 17.0. The van der Waals surface area contributed by atoms with Gasteiger partial charge in [-0.15, -0.1) is 0 Å². The zero-order valence-corrected chi connectivity index (χ0v) is 17.7. The Morgan fingerprint density at radius 2 is 2.07 bits per heavy atom. The summed E-state index contributed by atoms with van der Waals surface area (Å²) in [7, 11) is 0. The Kier molecular flexibility index (Phi) is 5.74. The van der Waals surface area contributed by atoms with Crippen LogP contribution in [-0.4, -0.2) is 41.4 Å². The van der Waals surface area contributed by atoms with Gasteiger partial charge in [-0.3, -0.25) is 9.59 Å². The van der Waals surface area contributed by atoms with Crippen molar-refractivity contribution in [3.63, 3.8) is 0 Å². The Morgan fingerprint density at radius 1 is 1.23 bits per heavy atom. The van der Waals surface area contributed by atoms with Gasteiger partial charge in [0.1, 0.15) is 5.82 Å². The average Bonchev–Trinajstić information content (AvgIpc) is 3.02. The highest BCUT2D eigenvalue weighted by Crippen LogP contribution is 2.24. The Morgan fingerprint density at radius 3 is 2.87 bits per heavy atom. The molecule has 1 aliphatic rings. The number of H-pyrrole nitrogens is 1. The smallest absolute Gasteiger partial charge is 0.251 e. The molecule has 3 N–H and O–H groups in total. The van der Waals surface area contributed by atoms with Gasteiger partial charge in [0.15, 0.2) is 0 Å². The maximum absolute atomic E-state index is 12.8. The topological polar surface area (TPSA) is 90.1 Å². The first-order valence-electron chi connectivity index (χ1n) is 10.00. The van der Waals surface area contributed by atoms with Crippen LogP contribution >= 0.6 is 11.6 Å². The number of aromatic nitrogens is 2. The van der Waals surface area contributed by atoms with Gasteiger partial charge in [0.2, 0.25) is 5.91 Å². The van der Waals surface area contributed by atoms with Gasteiger partial charge in [-0.2, -0.15) is 0 Å². The summed E-state index contributed by atoms with van der Waals surface area (Å²) in [6, 6.07) is 10.6. The van der Waals surface area contributed by atoms with Crippen LogP contribution in [0.4, 0.5) is 5.69 Å². The lowest BCUT2D eigenvalue weighted by atomic mass is 10.1. The number of hydrogen-bond donors (Lipinski definition) is 3. The van der Waals surface area contributed by atoms with Gasteiger partial charge in [-0.25, -0.2) is 4.98 Å². The van der Waals surface area contributed by atoms with E-state index in [1.165, 1.54) is 0 Å². The number of aromatic amines is 1. The summed E-state index contributed by atoms with van der Waals surface area (Å²) in [5.74, 6) is 0.565. The minimum Gasteiger partial charge on any atom is -0.342 e. The van der Waals surface area contributed by atoms with E-state index in [2.05, 4.69) is 20.6 Å². The van der Waals surface area contributed by atoms with E-state index in [0.717, 1.165) is 28.8 Å². The van der Waals surface area contributed by atoms with Gasteiger partial charge < -0.3 is 20.5 Å². The number of anilines is 1. The predicted octanol–water partition coefficient (Wildman–Crippen LogP) is 3.34. The molecule has 2 aromatic carbocycles. The minimum atomic E-state index is -0.304. The number of hydrogen-bond acceptors (Lipinski definition) is 4. The van der Waals surface area contributed by atoms with Gasteiger partial charge in [0.05, 0.1) is 17.1 Å². The average molecular weight is 426 g/mol. The van der Waals surface area contributed by atoms with Crippen molar-refractivity contribution in [2.24, 2.45) is 0 Å². The van der Waals surface area contributed by atoms with Crippen LogP contribution in [-0.2, 0) is 4.79 Å². The molecule has 156 valence electrons. The number of aryl methyl sites for hydroxylation is 1. The summed E-state index contributed by atoms with van der Waals surface area (Å²) in [5.41, 5.74) is 3.91. The quantitative estimate of drug-likeness (QED) is 0.598. The molecule has 3 aromatic rings. The molecule has 2 amide bonds. The summed E-state index contributed by atoms with van der Waals surface area (Å²) in [5, 5.41) is 6.83. The maximum Gasteiger partial charge on any atom is 0.251 e. The summed E-state index contributed by atoms with van der Waals surface area (Å²) in [4.78, 5) is 34.7. The zero-order chi connectivity index (χ0) is 21.3. The molecular formula is C22H24ClN5O2. The highest BCUT2D eigenvalue weighted by atomic mass is 35.5. The number of fused-ring (bicyclic) bond motifs is 1. The fraction of sp³-hybridized carbons (Fsp3) is 0.318. The Balaban J connectivity index is 1.50. The van der Waals surface area contributed by atoms with Gasteiger partial charge in [0, 0.05) is 42.3 Å². The van der Waals surface area contributed by atoms with Crippen LogP contribution in [0, 0.1) is 6.92 Å². The summed E-state index contributed by atoms with van der Waals surface area (Å²) in [6.07, 6.45) is 0.474. The minimum absolute atomic E-state index is 0.0962. The highest BCUT2D eigenvalue weighted by Gasteiger charge is 2.21. The number of halogens is 1. The second-order valence-corrected chi connectivity index (χ2v) is 7.96. The van der Waals surface area contributed by atoms with E-state index in [0.29, 0.717) is 35.9 Å². The number of nitrogens with one attached hydrogen (secondary N) is 3. The van der Waals surface area contributed by atoms with Crippen molar-refractivity contribution in [3.05, 3.63) is 58.4 Å². The Hall–Kier alpha value is -2.90. The molecule has 4 rings (SSSR count). The van der Waals surface area contributed by atoms with Gasteiger partial charge in [0.25, 0.3) is 5.91 Å². The van der Waals surface area contributed by atoms with Crippen LogP contribution < -0.4 is 15.5 Å². The lowest BCUT2D eigenvalue weighted by molar-refractivity contribution is -0.118. The SMILES string of the molecule is Cc1cc(C(=O)N[C@@H](C)c2nc3cc(Cl)ccc3[nH]2)ccc1N1CCNCCC1=O. The number of carbonyl (C=O) groups is 2. The van der Waals surface area contributed by atoms with E-state index in [1.807, 2.05) is 32.0 Å². The molecule has 1 fully saturated rings. The number of imidazole rings is 1. The molecular weight excluding hydrogens is 402 g/mol. The number of nitrogens with zero attached hydrogens (tertiary/aromatic N) is 2. The molecule has 1 saturated heterocycles. The molecule has 0 spiro atoms. The summed E-state index contributed by atoms with van der Waals surface area (Å²) < 4.78 is 0. The van der Waals surface area contributed by atoms with Crippen LogP contribution in [0.15, 0.2) is 36.4 Å². The molecule has 8 heteroatoms. The van der Waals surface area contributed by atoms with Crippen LogP contribution in [0.2, 0.25) is 5.02 Å². The van der Waals surface area contributed by atoms with E-state index >= 15 is 0 Å². The van der Waals surface area contributed by atoms with Crippen molar-refractivity contribution in [1.29, 1.82) is 0 Å². The second kappa shape index (κ2) is 8.45. The number of benzene rings is 2. The normalized spacial score (nSPS) is 15.8. The third-order valence-electron chi connectivity index (χ3n) is 5.30. The van der Waals surface area contributed by atoms with Crippen molar-refractivity contribution in [3.8, 4) is 0 Å². The first-order valence-corrected chi connectivity index (χ1v) is 10.4. The monoisotopic (exact) mass is 425 g/mol. The Labute approximate surface area is 179 Å². The third kappa shape index (κ3) is 4.17. The molecule has 7 nitrogen and oxygen atoms in total. The van der Waals surface area contributed by atoms with Gasteiger partial charge in [-0.05, 0) is 55.8 Å². The Bertz CT molecular complexity index is 1110. The molecule has 0 radical (unpaired) electrons. The largest absolute Gasteiger partial charge is 0.342 e.